The van der Waals surface area contributed by atoms with Gasteiger partial charge < -0.3 is 15.7 Å². The van der Waals surface area contributed by atoms with E-state index in [0.717, 1.165) is 18.2 Å². The van der Waals surface area contributed by atoms with Crippen LogP contribution < -0.4 is 10.6 Å². The van der Waals surface area contributed by atoms with Crippen molar-refractivity contribution in [3.8, 4) is 0 Å². The van der Waals surface area contributed by atoms with E-state index in [4.69, 9.17) is 16.7 Å². The molecule has 6 nitrogen and oxygen atoms in total. The fraction of sp³-hybridized carbons (Fsp3) is 0.500. The summed E-state index contributed by atoms with van der Waals surface area (Å²) in [6.45, 7) is 2.36. The Bertz CT molecular complexity index is 678. The van der Waals surface area contributed by atoms with E-state index in [0.29, 0.717) is 19.4 Å². The summed E-state index contributed by atoms with van der Waals surface area (Å²) in [6.07, 6.45) is -3.39. The van der Waals surface area contributed by atoms with E-state index >= 15 is 0 Å². The van der Waals surface area contributed by atoms with Crippen LogP contribution >= 0.6 is 11.6 Å². The number of nitrogens with zero attached hydrogens (tertiary/aromatic N) is 1. The number of hydrogen-bond donors (Lipinski definition) is 3. The van der Waals surface area contributed by atoms with Gasteiger partial charge in [0.2, 0.25) is 0 Å². The molecule has 1 aromatic carbocycles. The van der Waals surface area contributed by atoms with Gasteiger partial charge in [-0.05, 0) is 37.6 Å². The molecule has 26 heavy (non-hydrogen) atoms. The number of rotatable bonds is 6. The Morgan fingerprint density at radius 1 is 1.35 bits per heavy atom. The van der Waals surface area contributed by atoms with Gasteiger partial charge in [0.15, 0.2) is 0 Å². The first kappa shape index (κ1) is 20.3. The number of hydrogen-bond acceptors (Lipinski definition) is 3. The Kier molecular flexibility index (Phi) is 6.35. The zero-order valence-electron chi connectivity index (χ0n) is 13.9. The van der Waals surface area contributed by atoms with Crippen molar-refractivity contribution in [2.75, 3.05) is 18.4 Å². The highest BCUT2D eigenvalue weighted by Crippen LogP contribution is 2.34. The summed E-state index contributed by atoms with van der Waals surface area (Å²) in [7, 11) is 0. The number of carboxylic acid groups (broad SMARTS) is 1. The molecule has 0 bridgehead atoms. The maximum absolute atomic E-state index is 12.7. The third-order valence-electron chi connectivity index (χ3n) is 4.25. The summed E-state index contributed by atoms with van der Waals surface area (Å²) in [5, 5.41) is 13.8. The van der Waals surface area contributed by atoms with Crippen LogP contribution in [0.2, 0.25) is 5.02 Å². The van der Waals surface area contributed by atoms with Gasteiger partial charge in [-0.15, -0.1) is 0 Å². The number of carbonyl (C=O) groups is 2. The summed E-state index contributed by atoms with van der Waals surface area (Å²) in [4.78, 5) is 24.6. The molecule has 1 aromatic rings. The maximum Gasteiger partial charge on any atom is 0.416 e. The standard InChI is InChI=1S/C16H19ClF3N3O3/c1-2-23(8-14(24)25)11-6-10(7-11)21-15(26)22-13-5-9(16(18,19)20)3-4-12(13)17/h3-5,10-11H,2,6-8H2,1H3,(H,24,25)(H2,21,22,26). The minimum atomic E-state index is -4.54. The van der Waals surface area contributed by atoms with Crippen molar-refractivity contribution < 1.29 is 27.9 Å². The van der Waals surface area contributed by atoms with Crippen molar-refractivity contribution in [2.24, 2.45) is 0 Å². The second-order valence-electron chi connectivity index (χ2n) is 6.07. The average Bonchev–Trinajstić information content (AvgIpc) is 2.49. The van der Waals surface area contributed by atoms with E-state index in [1.807, 2.05) is 6.92 Å². The second-order valence-corrected chi connectivity index (χ2v) is 6.48. The van der Waals surface area contributed by atoms with E-state index < -0.39 is 23.7 Å². The highest BCUT2D eigenvalue weighted by atomic mass is 35.5. The Labute approximate surface area is 153 Å². The molecule has 1 saturated carbocycles. The van der Waals surface area contributed by atoms with Gasteiger partial charge in [-0.25, -0.2) is 4.79 Å². The molecule has 0 aromatic heterocycles. The summed E-state index contributed by atoms with van der Waals surface area (Å²) >= 11 is 5.83. The molecule has 0 radical (unpaired) electrons. The highest BCUT2D eigenvalue weighted by Gasteiger charge is 2.35. The van der Waals surface area contributed by atoms with Crippen LogP contribution in [0.25, 0.3) is 0 Å². The normalized spacial score (nSPS) is 19.8. The van der Waals surface area contributed by atoms with Crippen LogP contribution in [-0.2, 0) is 11.0 Å². The molecule has 0 aliphatic heterocycles. The first-order chi connectivity index (χ1) is 12.1. The number of carboxylic acids is 1. The monoisotopic (exact) mass is 393 g/mol. The number of amides is 2. The van der Waals surface area contributed by atoms with Crippen molar-refractivity contribution in [3.63, 3.8) is 0 Å². The molecular formula is C16H19ClF3N3O3. The minimum absolute atomic E-state index is 0.00162. The number of anilines is 1. The lowest BCUT2D eigenvalue weighted by atomic mass is 9.85. The highest BCUT2D eigenvalue weighted by molar-refractivity contribution is 6.33. The first-order valence-corrected chi connectivity index (χ1v) is 8.38. The number of benzene rings is 1. The van der Waals surface area contributed by atoms with Crippen LogP contribution in [0.3, 0.4) is 0 Å². The molecule has 1 aliphatic rings. The van der Waals surface area contributed by atoms with E-state index in [1.54, 1.807) is 4.90 Å². The lowest BCUT2D eigenvalue weighted by Gasteiger charge is -2.42. The van der Waals surface area contributed by atoms with Crippen molar-refractivity contribution in [1.82, 2.24) is 10.2 Å². The molecule has 0 unspecified atom stereocenters. The minimum Gasteiger partial charge on any atom is -0.480 e. The average molecular weight is 394 g/mol. The fourth-order valence-corrected chi connectivity index (χ4v) is 2.98. The number of aliphatic carboxylic acids is 1. The van der Waals surface area contributed by atoms with E-state index in [-0.39, 0.29) is 29.3 Å². The van der Waals surface area contributed by atoms with Gasteiger partial charge in [0.05, 0.1) is 22.8 Å². The Hall–Kier alpha value is -2.00. The molecule has 3 N–H and O–H groups in total. The number of halogens is 4. The molecule has 2 rings (SSSR count). The maximum atomic E-state index is 12.7. The van der Waals surface area contributed by atoms with E-state index in [9.17, 15) is 22.8 Å². The lowest BCUT2D eigenvalue weighted by Crippen LogP contribution is -2.55. The third kappa shape index (κ3) is 5.25. The molecule has 0 saturated heterocycles. The Morgan fingerprint density at radius 2 is 2.00 bits per heavy atom. The Balaban J connectivity index is 1.88. The molecule has 1 fully saturated rings. The quantitative estimate of drug-likeness (QED) is 0.691. The van der Waals surface area contributed by atoms with Gasteiger partial charge in [-0.2, -0.15) is 13.2 Å². The predicted octanol–water partition coefficient (Wildman–Crippen LogP) is 3.42. The number of urea groups is 1. The van der Waals surface area contributed by atoms with Crippen molar-refractivity contribution in [1.29, 1.82) is 0 Å². The van der Waals surface area contributed by atoms with Crippen molar-refractivity contribution in [2.45, 2.75) is 38.0 Å². The summed E-state index contributed by atoms with van der Waals surface area (Å²) in [5.41, 5.74) is -1.04. The summed E-state index contributed by atoms with van der Waals surface area (Å²) < 4.78 is 38.2. The van der Waals surface area contributed by atoms with Gasteiger partial charge in [0.25, 0.3) is 0 Å². The Morgan fingerprint density at radius 3 is 2.54 bits per heavy atom. The molecule has 144 valence electrons. The van der Waals surface area contributed by atoms with Crippen molar-refractivity contribution >= 4 is 29.3 Å². The summed E-state index contributed by atoms with van der Waals surface area (Å²) in [6, 6.07) is 1.91. The first-order valence-electron chi connectivity index (χ1n) is 8.00. The van der Waals surface area contributed by atoms with Crippen LogP contribution in [0.1, 0.15) is 25.3 Å². The van der Waals surface area contributed by atoms with Gasteiger partial charge in [0, 0.05) is 12.1 Å². The van der Waals surface area contributed by atoms with Crippen LogP contribution in [-0.4, -0.2) is 47.2 Å². The lowest BCUT2D eigenvalue weighted by molar-refractivity contribution is -0.139. The summed E-state index contributed by atoms with van der Waals surface area (Å²) in [5.74, 6) is -0.916. The van der Waals surface area contributed by atoms with Crippen molar-refractivity contribution in [3.05, 3.63) is 28.8 Å². The molecule has 0 atom stereocenters. The molecule has 1 aliphatic carbocycles. The molecule has 0 spiro atoms. The number of carbonyl (C=O) groups excluding carboxylic acids is 1. The second kappa shape index (κ2) is 8.13. The predicted molar refractivity (Wildman–Crippen MR) is 90.3 cm³/mol. The van der Waals surface area contributed by atoms with Crippen LogP contribution in [0, 0.1) is 0 Å². The van der Waals surface area contributed by atoms with Gasteiger partial charge in [-0.3, -0.25) is 9.69 Å². The number of nitrogens with one attached hydrogen (secondary N) is 2. The zero-order chi connectivity index (χ0) is 19.5. The topological polar surface area (TPSA) is 81.7 Å². The van der Waals surface area contributed by atoms with Crippen LogP contribution in [0.5, 0.6) is 0 Å². The van der Waals surface area contributed by atoms with E-state index in [1.165, 1.54) is 0 Å². The largest absolute Gasteiger partial charge is 0.480 e. The number of likely N-dealkylation sites (N-methyl/N-ethyl adjacent to an activating group) is 1. The van der Waals surface area contributed by atoms with Gasteiger partial charge in [-0.1, -0.05) is 18.5 Å². The number of alkyl halides is 3. The van der Waals surface area contributed by atoms with E-state index in [2.05, 4.69) is 10.6 Å². The molecule has 0 heterocycles. The zero-order valence-corrected chi connectivity index (χ0v) is 14.7. The van der Waals surface area contributed by atoms with Crippen LogP contribution in [0.4, 0.5) is 23.7 Å². The molecular weight excluding hydrogens is 375 g/mol. The molecule has 10 heteroatoms. The van der Waals surface area contributed by atoms with Gasteiger partial charge >= 0.3 is 18.2 Å². The van der Waals surface area contributed by atoms with Crippen LogP contribution in [0.15, 0.2) is 18.2 Å². The fourth-order valence-electron chi connectivity index (χ4n) is 2.82. The SMILES string of the molecule is CCN(CC(=O)O)C1CC(NC(=O)Nc2cc(C(F)(F)F)ccc2Cl)C1. The smallest absolute Gasteiger partial charge is 0.416 e. The third-order valence-corrected chi connectivity index (χ3v) is 4.58. The van der Waals surface area contributed by atoms with Gasteiger partial charge in [0.1, 0.15) is 0 Å². The molecule has 2 amide bonds.